The first-order chi connectivity index (χ1) is 9.52. The van der Waals surface area contributed by atoms with Gasteiger partial charge >= 0.3 is 0 Å². The molecule has 20 heavy (non-hydrogen) atoms. The molecule has 110 valence electrons. The predicted molar refractivity (Wildman–Crippen MR) is 69.5 cm³/mol. The summed E-state index contributed by atoms with van der Waals surface area (Å²) in [6, 6.07) is 5.11. The molecule has 0 unspecified atom stereocenters. The van der Waals surface area contributed by atoms with E-state index in [9.17, 15) is 15.3 Å². The molecule has 0 radical (unpaired) electrons. The van der Waals surface area contributed by atoms with Crippen LogP contribution in [0.3, 0.4) is 0 Å². The number of aliphatic hydroxyl groups is 4. The standard InChI is InChI=1S/C13H17NO6/c15-6-9-11(17)12(18)10(13(19)20-9)14-5-7-1-3-8(16)4-2-7/h1-5,9-13,15-19H,6H2/t9-,10+,11-,12-,13-/m1/s1. The number of ether oxygens (including phenoxy) is 1. The van der Waals surface area contributed by atoms with Gasteiger partial charge in [0, 0.05) is 6.21 Å². The van der Waals surface area contributed by atoms with Gasteiger partial charge in [-0.2, -0.15) is 0 Å². The molecule has 0 aromatic heterocycles. The Morgan fingerprint density at radius 1 is 1.10 bits per heavy atom. The first-order valence-corrected chi connectivity index (χ1v) is 6.15. The van der Waals surface area contributed by atoms with Gasteiger partial charge in [0.05, 0.1) is 6.61 Å². The number of aliphatic hydroxyl groups excluding tert-OH is 4. The van der Waals surface area contributed by atoms with Crippen LogP contribution >= 0.6 is 0 Å². The second-order valence-corrected chi connectivity index (χ2v) is 4.59. The van der Waals surface area contributed by atoms with Gasteiger partial charge in [0.2, 0.25) is 0 Å². The molecule has 1 aromatic rings. The molecule has 1 saturated heterocycles. The van der Waals surface area contributed by atoms with Gasteiger partial charge in [-0.05, 0) is 29.8 Å². The lowest BCUT2D eigenvalue weighted by Crippen LogP contribution is -2.57. The summed E-state index contributed by atoms with van der Waals surface area (Å²) in [7, 11) is 0. The maximum absolute atomic E-state index is 9.88. The largest absolute Gasteiger partial charge is 0.508 e. The Hall–Kier alpha value is -1.51. The van der Waals surface area contributed by atoms with E-state index in [1.165, 1.54) is 18.3 Å². The van der Waals surface area contributed by atoms with Gasteiger partial charge in [0.25, 0.3) is 0 Å². The molecule has 5 N–H and O–H groups in total. The fourth-order valence-corrected chi connectivity index (χ4v) is 1.98. The van der Waals surface area contributed by atoms with Gasteiger partial charge < -0.3 is 30.3 Å². The second-order valence-electron chi connectivity index (χ2n) is 4.59. The number of aliphatic imine (C=N–C) groups is 1. The summed E-state index contributed by atoms with van der Waals surface area (Å²) in [5.74, 6) is 0.115. The van der Waals surface area contributed by atoms with Crippen molar-refractivity contribution in [2.45, 2.75) is 30.6 Å². The van der Waals surface area contributed by atoms with Crippen LogP contribution in [0.25, 0.3) is 0 Å². The van der Waals surface area contributed by atoms with Crippen molar-refractivity contribution in [3.63, 3.8) is 0 Å². The van der Waals surface area contributed by atoms with Crippen molar-refractivity contribution in [3.05, 3.63) is 29.8 Å². The van der Waals surface area contributed by atoms with E-state index in [0.717, 1.165) is 0 Å². The molecule has 0 spiro atoms. The van der Waals surface area contributed by atoms with Crippen molar-refractivity contribution in [3.8, 4) is 5.75 Å². The van der Waals surface area contributed by atoms with Crippen LogP contribution in [0.15, 0.2) is 29.3 Å². The molecule has 7 nitrogen and oxygen atoms in total. The van der Waals surface area contributed by atoms with E-state index in [-0.39, 0.29) is 5.75 Å². The zero-order chi connectivity index (χ0) is 14.7. The van der Waals surface area contributed by atoms with Gasteiger partial charge in [0.1, 0.15) is 30.1 Å². The van der Waals surface area contributed by atoms with E-state index < -0.39 is 37.3 Å². The summed E-state index contributed by atoms with van der Waals surface area (Å²) in [4.78, 5) is 3.99. The fourth-order valence-electron chi connectivity index (χ4n) is 1.98. The van der Waals surface area contributed by atoms with Crippen LogP contribution in [0.4, 0.5) is 0 Å². The molecule has 0 aliphatic carbocycles. The number of aromatic hydroxyl groups is 1. The van der Waals surface area contributed by atoms with Crippen molar-refractivity contribution in [1.82, 2.24) is 0 Å². The van der Waals surface area contributed by atoms with Crippen molar-refractivity contribution in [2.24, 2.45) is 4.99 Å². The first kappa shape index (κ1) is 14.9. The Balaban J connectivity index is 2.09. The monoisotopic (exact) mass is 283 g/mol. The molecule has 1 aliphatic heterocycles. The summed E-state index contributed by atoms with van der Waals surface area (Å²) in [6.45, 7) is -0.510. The highest BCUT2D eigenvalue weighted by molar-refractivity contribution is 5.79. The Morgan fingerprint density at radius 2 is 1.75 bits per heavy atom. The minimum atomic E-state index is -1.42. The lowest BCUT2D eigenvalue weighted by atomic mass is 9.97. The molecule has 2 rings (SSSR count). The van der Waals surface area contributed by atoms with E-state index in [2.05, 4.69) is 4.99 Å². The van der Waals surface area contributed by atoms with Crippen LogP contribution in [0.1, 0.15) is 5.56 Å². The molecule has 1 aliphatic rings. The van der Waals surface area contributed by atoms with Gasteiger partial charge in [-0.3, -0.25) is 4.99 Å². The summed E-state index contributed by atoms with van der Waals surface area (Å²) < 4.78 is 4.98. The molecule has 0 amide bonds. The van der Waals surface area contributed by atoms with Gasteiger partial charge in [0.15, 0.2) is 6.29 Å². The average Bonchev–Trinajstić information content (AvgIpc) is 2.44. The maximum atomic E-state index is 9.88. The van der Waals surface area contributed by atoms with Crippen LogP contribution in [-0.2, 0) is 4.74 Å². The second kappa shape index (κ2) is 6.29. The molecule has 1 fully saturated rings. The third kappa shape index (κ3) is 3.14. The van der Waals surface area contributed by atoms with Gasteiger partial charge in [-0.1, -0.05) is 0 Å². The van der Waals surface area contributed by atoms with Crippen molar-refractivity contribution in [2.75, 3.05) is 6.61 Å². The number of rotatable bonds is 3. The summed E-state index contributed by atoms with van der Waals surface area (Å²) in [6.07, 6.45) is -3.74. The van der Waals surface area contributed by atoms with Crippen LogP contribution < -0.4 is 0 Å². The number of phenols is 1. The summed E-state index contributed by atoms with van der Waals surface area (Å²) in [5.41, 5.74) is 0.654. The van der Waals surface area contributed by atoms with Crippen LogP contribution in [0, 0.1) is 0 Å². The number of hydrogen-bond donors (Lipinski definition) is 5. The molecule has 0 bridgehead atoms. The summed E-state index contributed by atoms with van der Waals surface area (Å²) >= 11 is 0. The number of phenolic OH excluding ortho intramolecular Hbond substituents is 1. The number of benzene rings is 1. The predicted octanol–water partition coefficient (Wildman–Crippen LogP) is -1.39. The lowest BCUT2D eigenvalue weighted by molar-refractivity contribution is -0.248. The number of nitrogens with zero attached hydrogens (tertiary/aromatic N) is 1. The average molecular weight is 283 g/mol. The molecular formula is C13H17NO6. The molecule has 7 heteroatoms. The van der Waals surface area contributed by atoms with E-state index >= 15 is 0 Å². The Morgan fingerprint density at radius 3 is 2.35 bits per heavy atom. The Kier molecular flexibility index (Phi) is 4.69. The molecule has 1 aromatic carbocycles. The smallest absolute Gasteiger partial charge is 0.180 e. The lowest BCUT2D eigenvalue weighted by Gasteiger charge is -2.38. The van der Waals surface area contributed by atoms with E-state index in [1.807, 2.05) is 0 Å². The first-order valence-electron chi connectivity index (χ1n) is 6.15. The van der Waals surface area contributed by atoms with Crippen molar-refractivity contribution in [1.29, 1.82) is 0 Å². The van der Waals surface area contributed by atoms with E-state index in [1.54, 1.807) is 12.1 Å². The Bertz CT molecular complexity index is 462. The third-order valence-corrected chi connectivity index (χ3v) is 3.16. The van der Waals surface area contributed by atoms with Crippen LogP contribution in [-0.4, -0.2) is 69.0 Å². The van der Waals surface area contributed by atoms with Crippen molar-refractivity contribution < 1.29 is 30.3 Å². The highest BCUT2D eigenvalue weighted by Gasteiger charge is 2.43. The van der Waals surface area contributed by atoms with E-state index in [0.29, 0.717) is 5.56 Å². The van der Waals surface area contributed by atoms with E-state index in [4.69, 9.17) is 14.9 Å². The SMILES string of the molecule is OC[C@H]1O[C@@H](O)[C@@H](N=Cc2ccc(O)cc2)[C@@H](O)[C@@H]1O. The highest BCUT2D eigenvalue weighted by Crippen LogP contribution is 2.22. The zero-order valence-corrected chi connectivity index (χ0v) is 10.6. The topological polar surface area (TPSA) is 123 Å². The minimum absolute atomic E-state index is 0.115. The third-order valence-electron chi connectivity index (χ3n) is 3.16. The van der Waals surface area contributed by atoms with Crippen LogP contribution in [0.5, 0.6) is 5.75 Å². The Labute approximate surface area is 115 Å². The van der Waals surface area contributed by atoms with Crippen LogP contribution in [0.2, 0.25) is 0 Å². The van der Waals surface area contributed by atoms with Gasteiger partial charge in [-0.15, -0.1) is 0 Å². The molecular weight excluding hydrogens is 266 g/mol. The highest BCUT2D eigenvalue weighted by atomic mass is 16.6. The number of hydrogen-bond acceptors (Lipinski definition) is 7. The summed E-state index contributed by atoms with van der Waals surface area (Å²) in [5, 5.41) is 47.4. The quantitative estimate of drug-likeness (QED) is 0.435. The fraction of sp³-hybridized carbons (Fsp3) is 0.462. The minimum Gasteiger partial charge on any atom is -0.508 e. The normalized spacial score (nSPS) is 34.5. The molecule has 0 saturated carbocycles. The molecule has 5 atom stereocenters. The van der Waals surface area contributed by atoms with Crippen molar-refractivity contribution >= 4 is 6.21 Å². The molecule has 1 heterocycles. The van der Waals surface area contributed by atoms with Gasteiger partial charge in [-0.25, -0.2) is 0 Å². The zero-order valence-electron chi connectivity index (χ0n) is 10.6. The maximum Gasteiger partial charge on any atom is 0.180 e.